The molecule has 0 fully saturated rings. The summed E-state index contributed by atoms with van der Waals surface area (Å²) in [5, 5.41) is 0. The molecule has 802 valence electrons. The lowest BCUT2D eigenvalue weighted by Crippen LogP contribution is -2.15. The van der Waals surface area contributed by atoms with Crippen LogP contribution in [0.4, 0.5) is 0 Å². The van der Waals surface area contributed by atoms with Crippen molar-refractivity contribution in [1.82, 2.24) is 0 Å². The Bertz CT molecular complexity index is 2600. The zero-order chi connectivity index (χ0) is 98.4. The van der Waals surface area contributed by atoms with E-state index in [1.807, 2.05) is 0 Å². The number of hydrogen-bond donors (Lipinski definition) is 0. The predicted octanol–water partition coefficient (Wildman–Crippen LogP) is 47.6. The van der Waals surface area contributed by atoms with Crippen LogP contribution in [0.2, 0.25) is 0 Å². The second-order valence-electron chi connectivity index (χ2n) is 45.0. The maximum Gasteiger partial charge on any atom is 0.130 e. The monoisotopic (exact) mass is 1920 g/mol. The maximum absolute atomic E-state index is 7.32. The molecule has 0 aliphatic rings. The van der Waals surface area contributed by atoms with Gasteiger partial charge in [-0.05, 0) is 123 Å². The number of benzene rings is 3. The van der Waals surface area contributed by atoms with Crippen LogP contribution in [0, 0.1) is 23.7 Å². The Balaban J connectivity index is 2.12. The number of hydrogen-bond acceptors (Lipinski definition) is 4. The lowest BCUT2D eigenvalue weighted by Gasteiger charge is -2.22. The zero-order valence-corrected chi connectivity index (χ0v) is 94.7. The molecule has 4 nitrogen and oxygen atoms in total. The molecule has 138 heavy (non-hydrogen) atoms. The molecule has 0 aromatic heterocycles. The quantitative estimate of drug-likeness (QED) is 0.0417. The Morgan fingerprint density at radius 2 is 0.261 bits per heavy atom. The molecule has 0 saturated carbocycles. The summed E-state index contributed by atoms with van der Waals surface area (Å²) < 4.78 is 29.3. The molecule has 4 heteroatoms. The van der Waals surface area contributed by atoms with Gasteiger partial charge in [0.05, 0.1) is 37.6 Å². The average Bonchev–Trinajstić information content (AvgIpc) is 0.839. The summed E-state index contributed by atoms with van der Waals surface area (Å²) in [5.41, 5.74) is 4.61. The van der Waals surface area contributed by atoms with Crippen molar-refractivity contribution in [3.63, 3.8) is 0 Å². The van der Waals surface area contributed by atoms with Crippen LogP contribution in [0.3, 0.4) is 0 Å². The summed E-state index contributed by atoms with van der Waals surface area (Å²) in [6.07, 6.45) is 142. The van der Waals surface area contributed by atoms with Gasteiger partial charge in [0, 0.05) is 0 Å². The zero-order valence-electron chi connectivity index (χ0n) is 94.7. The summed E-state index contributed by atoms with van der Waals surface area (Å²) in [6, 6.07) is 22.9. The Morgan fingerprint density at radius 3 is 0.384 bits per heavy atom. The van der Waals surface area contributed by atoms with Crippen molar-refractivity contribution in [3.8, 4) is 23.0 Å². The molecule has 3 rings (SSSR count). The predicted molar refractivity (Wildman–Crippen MR) is 622 cm³/mol. The van der Waals surface area contributed by atoms with Crippen molar-refractivity contribution in [2.75, 3.05) is 26.4 Å². The topological polar surface area (TPSA) is 36.9 Å². The largest absolute Gasteiger partial charge is 0.493 e. The van der Waals surface area contributed by atoms with Gasteiger partial charge in [-0.15, -0.1) is 0 Å². The minimum Gasteiger partial charge on any atom is -0.493 e. The van der Waals surface area contributed by atoms with Crippen LogP contribution in [0.1, 0.15) is 694 Å². The molecule has 4 unspecified atom stereocenters. The number of ether oxygens (including phenoxy) is 4. The van der Waals surface area contributed by atoms with Crippen molar-refractivity contribution in [3.05, 3.63) is 82.9 Å². The molecule has 3 aromatic rings. The van der Waals surface area contributed by atoms with E-state index in [2.05, 4.69) is 140 Å². The van der Waals surface area contributed by atoms with E-state index in [9.17, 15) is 0 Å². The molecule has 4 atom stereocenters. The summed E-state index contributed by atoms with van der Waals surface area (Å²) >= 11 is 0. The van der Waals surface area contributed by atoms with E-state index >= 15 is 0 Å². The first-order chi connectivity index (χ1) is 68.4. The minimum atomic E-state index is 0.557. The van der Waals surface area contributed by atoms with Gasteiger partial charge >= 0.3 is 0 Å². The van der Waals surface area contributed by atoms with Gasteiger partial charge in [0.2, 0.25) is 0 Å². The molecule has 0 spiro atoms. The van der Waals surface area contributed by atoms with Crippen molar-refractivity contribution >= 4 is 24.3 Å². The van der Waals surface area contributed by atoms with Gasteiger partial charge in [-0.2, -0.15) is 0 Å². The molecule has 0 aliphatic carbocycles. The molecule has 0 amide bonds. The molecule has 0 saturated heterocycles. The van der Waals surface area contributed by atoms with Gasteiger partial charge in [-0.3, -0.25) is 0 Å². The van der Waals surface area contributed by atoms with Crippen LogP contribution in [-0.4, -0.2) is 26.4 Å². The SMILES string of the molecule is CCCCCCCCCCCCCCC(CCCCCCCCCCCC)COc1cccc(OCC(CCCCCCCCCCCC)CCCCCCCCCCCCCC)c1/C=C/c1ccc(/C=C/c2c(OCC(CCCCCCCCCCCC)CCCCCCCCCCCCCC)cccc2OCC(CCCCCCCCCCCC)CCCCCCCCCCCCCC)cc1. The van der Waals surface area contributed by atoms with Crippen LogP contribution in [0.5, 0.6) is 23.0 Å². The van der Waals surface area contributed by atoms with E-state index in [0.29, 0.717) is 23.7 Å². The van der Waals surface area contributed by atoms with Crippen LogP contribution in [0.15, 0.2) is 60.7 Å². The standard InChI is InChI=1S/C134H242O4/c1-9-17-25-33-41-49-57-61-69-77-85-93-103-125(99-89-81-73-65-53-45-37-29-21-13-5)119-135-131-107-97-108-132(136-120-126(100-90-82-74-66-54-46-38-30-22-14-6)104-94-86-78-70-62-58-50-42-34-26-18-10-2)129(131)117-115-123-111-113-124(114-112-123)116-118-130-133(137-121-127(101-91-83-75-67-55-47-39-31-23-15-7)105-95-87-79-71-63-59-51-43-35-27-19-11-3)109-98-110-134(130)138-122-128(102-92-84-76-68-56-48-40-32-24-16-8)106-96-88-80-72-64-60-52-44-36-28-20-12-4/h97-98,107-118,125-128H,9-96,99-106,119-122H2,1-8H3/b117-115+,118-116+. The highest BCUT2D eigenvalue weighted by Crippen LogP contribution is 2.37. The van der Waals surface area contributed by atoms with Gasteiger partial charge in [0.15, 0.2) is 0 Å². The second kappa shape index (κ2) is 103. The highest BCUT2D eigenvalue weighted by molar-refractivity contribution is 5.78. The van der Waals surface area contributed by atoms with Crippen molar-refractivity contribution in [2.45, 2.75) is 672 Å². The van der Waals surface area contributed by atoms with E-state index in [1.54, 1.807) is 0 Å². The molecule has 0 aliphatic heterocycles. The third-order valence-corrected chi connectivity index (χ3v) is 31.5. The molecular formula is C134H242O4. The Morgan fingerprint density at radius 1 is 0.145 bits per heavy atom. The summed E-state index contributed by atoms with van der Waals surface area (Å²) in [5.74, 6) is 6.18. The highest BCUT2D eigenvalue weighted by Gasteiger charge is 2.21. The first-order valence-electron chi connectivity index (χ1n) is 63.7. The molecule has 0 heterocycles. The maximum atomic E-state index is 7.32. The summed E-state index contributed by atoms with van der Waals surface area (Å²) in [4.78, 5) is 0. The smallest absolute Gasteiger partial charge is 0.130 e. The molecule has 3 aromatic carbocycles. The van der Waals surface area contributed by atoms with Gasteiger partial charge < -0.3 is 18.9 Å². The van der Waals surface area contributed by atoms with Crippen LogP contribution in [0.25, 0.3) is 24.3 Å². The first kappa shape index (κ1) is 128. The highest BCUT2D eigenvalue weighted by atomic mass is 16.5. The second-order valence-corrected chi connectivity index (χ2v) is 45.0. The Hall–Kier alpha value is -3.66. The lowest BCUT2D eigenvalue weighted by molar-refractivity contribution is 0.213. The van der Waals surface area contributed by atoms with Crippen molar-refractivity contribution < 1.29 is 18.9 Å². The minimum absolute atomic E-state index is 0.557. The molecule has 0 N–H and O–H groups in total. The normalized spacial score (nSPS) is 12.8. The summed E-state index contributed by atoms with van der Waals surface area (Å²) in [7, 11) is 0. The molecular weight excluding hydrogens is 1670 g/mol. The Labute approximate surface area is 865 Å². The van der Waals surface area contributed by atoms with E-state index in [-0.39, 0.29) is 0 Å². The van der Waals surface area contributed by atoms with Crippen molar-refractivity contribution in [2.24, 2.45) is 23.7 Å². The lowest BCUT2D eigenvalue weighted by atomic mass is 9.94. The van der Waals surface area contributed by atoms with E-state index in [0.717, 1.165) is 60.6 Å². The van der Waals surface area contributed by atoms with Gasteiger partial charge in [-0.1, -0.05) is 669 Å². The van der Waals surface area contributed by atoms with E-state index in [1.165, 1.54) is 628 Å². The van der Waals surface area contributed by atoms with Gasteiger partial charge in [0.25, 0.3) is 0 Å². The third kappa shape index (κ3) is 80.6. The van der Waals surface area contributed by atoms with Gasteiger partial charge in [0.1, 0.15) is 23.0 Å². The number of unbranched alkanes of at least 4 members (excludes halogenated alkanes) is 80. The fourth-order valence-corrected chi connectivity index (χ4v) is 21.8. The van der Waals surface area contributed by atoms with E-state index in [4.69, 9.17) is 18.9 Å². The third-order valence-electron chi connectivity index (χ3n) is 31.5. The molecule has 0 radical (unpaired) electrons. The first-order valence-corrected chi connectivity index (χ1v) is 63.7. The Kier molecular flexibility index (Phi) is 96.2. The average molecular weight is 1920 g/mol. The van der Waals surface area contributed by atoms with Crippen LogP contribution >= 0.6 is 0 Å². The van der Waals surface area contributed by atoms with Crippen molar-refractivity contribution in [1.29, 1.82) is 0 Å². The fourth-order valence-electron chi connectivity index (χ4n) is 21.8. The fraction of sp³-hybridized carbons (Fsp3) is 0.836. The number of rotatable bonds is 112. The summed E-state index contributed by atoms with van der Waals surface area (Å²) in [6.45, 7) is 21.8. The van der Waals surface area contributed by atoms with E-state index < -0.39 is 0 Å². The van der Waals surface area contributed by atoms with Crippen LogP contribution < -0.4 is 18.9 Å². The van der Waals surface area contributed by atoms with Crippen LogP contribution in [-0.2, 0) is 0 Å². The van der Waals surface area contributed by atoms with Gasteiger partial charge in [-0.25, -0.2) is 0 Å². The molecule has 0 bridgehead atoms.